The molecule has 1 atom stereocenters. The van der Waals surface area contributed by atoms with Gasteiger partial charge in [0.15, 0.2) is 17.6 Å². The van der Waals surface area contributed by atoms with E-state index >= 15 is 0 Å². The van der Waals surface area contributed by atoms with Crippen LogP contribution in [0.1, 0.15) is 22.8 Å². The summed E-state index contributed by atoms with van der Waals surface area (Å²) in [7, 11) is 3.00. The molecule has 3 rings (SSSR count). The standard InChI is InChI=1S/C28H26O6/c1-31-24-15-9-14-23(28(24)32-2)25(34-27(30)19-17-22-12-7-4-8-13-22)20-33-26(29)18-16-21-10-5-3-6-11-21/h3-19,25H,20H2,1-2H3/b18-16+,19-17+/t25-/m0/s1. The van der Waals surface area contributed by atoms with Crippen molar-refractivity contribution in [3.8, 4) is 11.5 Å². The number of para-hydroxylation sites is 1. The van der Waals surface area contributed by atoms with E-state index in [1.807, 2.05) is 60.7 Å². The Morgan fingerprint density at radius 2 is 1.32 bits per heavy atom. The van der Waals surface area contributed by atoms with Crippen molar-refractivity contribution in [1.82, 2.24) is 0 Å². The largest absolute Gasteiger partial charge is 0.493 e. The molecule has 0 saturated carbocycles. The molecule has 0 amide bonds. The fraction of sp³-hybridized carbons (Fsp3) is 0.143. The third-order valence-corrected chi connectivity index (χ3v) is 4.84. The fourth-order valence-electron chi connectivity index (χ4n) is 3.20. The number of hydrogen-bond acceptors (Lipinski definition) is 6. The Morgan fingerprint density at radius 3 is 1.88 bits per heavy atom. The van der Waals surface area contributed by atoms with Gasteiger partial charge < -0.3 is 18.9 Å². The Morgan fingerprint density at radius 1 is 0.735 bits per heavy atom. The lowest BCUT2D eigenvalue weighted by Crippen LogP contribution is -2.18. The van der Waals surface area contributed by atoms with Crippen molar-refractivity contribution in [3.63, 3.8) is 0 Å². The summed E-state index contributed by atoms with van der Waals surface area (Å²) < 4.78 is 21.9. The van der Waals surface area contributed by atoms with Gasteiger partial charge >= 0.3 is 11.9 Å². The molecule has 0 radical (unpaired) electrons. The Labute approximate surface area is 199 Å². The number of carbonyl (C=O) groups is 2. The molecule has 3 aromatic rings. The minimum Gasteiger partial charge on any atom is -0.493 e. The summed E-state index contributed by atoms with van der Waals surface area (Å²) in [6, 6.07) is 24.0. The number of hydrogen-bond donors (Lipinski definition) is 0. The minimum absolute atomic E-state index is 0.202. The van der Waals surface area contributed by atoms with Gasteiger partial charge in [0.1, 0.15) is 6.61 Å². The molecule has 34 heavy (non-hydrogen) atoms. The Balaban J connectivity index is 1.76. The van der Waals surface area contributed by atoms with Crippen molar-refractivity contribution >= 4 is 24.1 Å². The molecule has 0 bridgehead atoms. The highest BCUT2D eigenvalue weighted by atomic mass is 16.6. The maximum absolute atomic E-state index is 12.6. The first-order valence-electron chi connectivity index (χ1n) is 10.6. The average molecular weight is 459 g/mol. The van der Waals surface area contributed by atoms with Gasteiger partial charge in [0.25, 0.3) is 0 Å². The van der Waals surface area contributed by atoms with Crippen LogP contribution in [0.15, 0.2) is 91.0 Å². The molecule has 0 aliphatic carbocycles. The summed E-state index contributed by atoms with van der Waals surface area (Å²) in [5.74, 6) is -0.289. The lowest BCUT2D eigenvalue weighted by Gasteiger charge is -2.21. The van der Waals surface area contributed by atoms with E-state index in [1.54, 1.807) is 30.4 Å². The van der Waals surface area contributed by atoms with E-state index in [0.29, 0.717) is 17.1 Å². The molecule has 0 fully saturated rings. The van der Waals surface area contributed by atoms with E-state index in [-0.39, 0.29) is 6.61 Å². The topological polar surface area (TPSA) is 71.1 Å². The van der Waals surface area contributed by atoms with Crippen LogP contribution in [0.25, 0.3) is 12.2 Å². The third-order valence-electron chi connectivity index (χ3n) is 4.84. The predicted molar refractivity (Wildman–Crippen MR) is 130 cm³/mol. The number of rotatable bonds is 10. The number of methoxy groups -OCH3 is 2. The highest BCUT2D eigenvalue weighted by Gasteiger charge is 2.24. The predicted octanol–water partition coefficient (Wildman–Crippen LogP) is 5.26. The SMILES string of the molecule is COc1cccc([C@H](COC(=O)/C=C/c2ccccc2)OC(=O)/C=C/c2ccccc2)c1OC. The van der Waals surface area contributed by atoms with Gasteiger partial charge in [0, 0.05) is 17.7 Å². The molecule has 0 unspecified atom stereocenters. The number of carbonyl (C=O) groups excluding carboxylic acids is 2. The molecule has 3 aromatic carbocycles. The van der Waals surface area contributed by atoms with Gasteiger partial charge in [0.05, 0.1) is 14.2 Å². The molecule has 0 spiro atoms. The Kier molecular flexibility index (Phi) is 9.05. The van der Waals surface area contributed by atoms with Crippen molar-refractivity contribution in [3.05, 3.63) is 108 Å². The first-order chi connectivity index (χ1) is 16.6. The molecule has 0 heterocycles. The van der Waals surface area contributed by atoms with Gasteiger partial charge in [-0.15, -0.1) is 0 Å². The number of ether oxygens (including phenoxy) is 4. The van der Waals surface area contributed by atoms with Crippen LogP contribution >= 0.6 is 0 Å². The first kappa shape index (κ1) is 24.3. The van der Waals surface area contributed by atoms with Crippen molar-refractivity contribution in [2.24, 2.45) is 0 Å². The average Bonchev–Trinajstić information content (AvgIpc) is 2.89. The molecule has 0 saturated heterocycles. The zero-order valence-electron chi connectivity index (χ0n) is 19.0. The maximum atomic E-state index is 12.6. The van der Waals surface area contributed by atoms with Gasteiger partial charge in [-0.3, -0.25) is 0 Å². The van der Waals surface area contributed by atoms with Crippen molar-refractivity contribution in [2.45, 2.75) is 6.10 Å². The van der Waals surface area contributed by atoms with E-state index in [1.165, 1.54) is 26.4 Å². The summed E-state index contributed by atoms with van der Waals surface area (Å²) in [4.78, 5) is 24.9. The second kappa shape index (κ2) is 12.6. The summed E-state index contributed by atoms with van der Waals surface area (Å²) in [5.41, 5.74) is 2.23. The van der Waals surface area contributed by atoms with Crippen LogP contribution in [0.5, 0.6) is 11.5 Å². The van der Waals surface area contributed by atoms with E-state index in [9.17, 15) is 9.59 Å². The van der Waals surface area contributed by atoms with E-state index in [2.05, 4.69) is 0 Å². The molecule has 6 nitrogen and oxygen atoms in total. The van der Waals surface area contributed by atoms with Crippen molar-refractivity contribution in [2.75, 3.05) is 20.8 Å². The minimum atomic E-state index is -0.910. The second-order valence-corrected chi connectivity index (χ2v) is 7.13. The zero-order valence-corrected chi connectivity index (χ0v) is 19.0. The van der Waals surface area contributed by atoms with Gasteiger partial charge in [-0.1, -0.05) is 72.8 Å². The molecule has 6 heteroatoms. The van der Waals surface area contributed by atoms with Crippen LogP contribution in [0.4, 0.5) is 0 Å². The Bertz CT molecular complexity index is 1140. The molecule has 0 N–H and O–H groups in total. The quantitative estimate of drug-likeness (QED) is 0.305. The van der Waals surface area contributed by atoms with Gasteiger partial charge in [-0.05, 0) is 29.3 Å². The lowest BCUT2D eigenvalue weighted by molar-refractivity contribution is -0.153. The highest BCUT2D eigenvalue weighted by Crippen LogP contribution is 2.36. The normalized spacial score (nSPS) is 11.8. The number of esters is 2. The van der Waals surface area contributed by atoms with Gasteiger partial charge in [-0.2, -0.15) is 0 Å². The van der Waals surface area contributed by atoms with Crippen LogP contribution < -0.4 is 9.47 Å². The molecule has 0 aromatic heterocycles. The zero-order chi connectivity index (χ0) is 24.2. The first-order valence-corrected chi connectivity index (χ1v) is 10.6. The van der Waals surface area contributed by atoms with Crippen molar-refractivity contribution < 1.29 is 28.5 Å². The smallest absolute Gasteiger partial charge is 0.331 e. The maximum Gasteiger partial charge on any atom is 0.331 e. The van der Waals surface area contributed by atoms with Crippen LogP contribution in [0.3, 0.4) is 0 Å². The molecule has 0 aliphatic heterocycles. The van der Waals surface area contributed by atoms with Crippen LogP contribution in [0, 0.1) is 0 Å². The van der Waals surface area contributed by atoms with Crippen LogP contribution in [-0.4, -0.2) is 32.8 Å². The number of benzene rings is 3. The van der Waals surface area contributed by atoms with Gasteiger partial charge in [0.2, 0.25) is 0 Å². The second-order valence-electron chi connectivity index (χ2n) is 7.13. The summed E-state index contributed by atoms with van der Waals surface area (Å²) in [6.07, 6.45) is 5.04. The summed E-state index contributed by atoms with van der Waals surface area (Å²) >= 11 is 0. The Hall–Kier alpha value is -4.32. The van der Waals surface area contributed by atoms with E-state index in [0.717, 1.165) is 11.1 Å². The lowest BCUT2D eigenvalue weighted by atomic mass is 10.1. The molecular weight excluding hydrogens is 432 g/mol. The van der Waals surface area contributed by atoms with Crippen LogP contribution in [0.2, 0.25) is 0 Å². The highest BCUT2D eigenvalue weighted by molar-refractivity contribution is 5.88. The third kappa shape index (κ3) is 7.10. The molecular formula is C28H26O6. The van der Waals surface area contributed by atoms with E-state index in [4.69, 9.17) is 18.9 Å². The summed E-state index contributed by atoms with van der Waals surface area (Å²) in [5, 5.41) is 0. The monoisotopic (exact) mass is 458 g/mol. The van der Waals surface area contributed by atoms with Crippen LogP contribution in [-0.2, 0) is 19.1 Å². The van der Waals surface area contributed by atoms with Gasteiger partial charge in [-0.25, -0.2) is 9.59 Å². The van der Waals surface area contributed by atoms with Crippen molar-refractivity contribution in [1.29, 1.82) is 0 Å². The molecule has 174 valence electrons. The summed E-state index contributed by atoms with van der Waals surface area (Å²) in [6.45, 7) is -0.202. The van der Waals surface area contributed by atoms with E-state index < -0.39 is 18.0 Å². The fourth-order valence-corrected chi connectivity index (χ4v) is 3.20. The molecule has 0 aliphatic rings.